The Morgan fingerprint density at radius 3 is 2.62 bits per heavy atom. The lowest BCUT2D eigenvalue weighted by Crippen LogP contribution is -2.39. The minimum atomic E-state index is 0.462. The van der Waals surface area contributed by atoms with Gasteiger partial charge in [-0.15, -0.1) is 0 Å². The van der Waals surface area contributed by atoms with E-state index >= 15 is 0 Å². The molecule has 5 heteroatoms. The zero-order valence-corrected chi connectivity index (χ0v) is 15.2. The maximum absolute atomic E-state index is 6.07. The van der Waals surface area contributed by atoms with E-state index in [1.807, 2.05) is 42.5 Å². The Kier molecular flexibility index (Phi) is 6.88. The van der Waals surface area contributed by atoms with Crippen molar-refractivity contribution in [2.24, 2.45) is 10.7 Å². The van der Waals surface area contributed by atoms with Gasteiger partial charge in [-0.2, -0.15) is 0 Å². The molecule has 0 spiro atoms. The first-order chi connectivity index (χ1) is 12.8. The summed E-state index contributed by atoms with van der Waals surface area (Å²) in [5.74, 6) is 1.14. The molecule has 26 heavy (non-hydrogen) atoms. The number of aromatic nitrogens is 1. The monoisotopic (exact) mass is 352 g/mol. The van der Waals surface area contributed by atoms with E-state index in [1.54, 1.807) is 6.20 Å². The fourth-order valence-electron chi connectivity index (χ4n) is 3.21. The highest BCUT2D eigenvalue weighted by atomic mass is 16.5. The van der Waals surface area contributed by atoms with Crippen molar-refractivity contribution in [2.45, 2.75) is 57.7 Å². The first-order valence-electron chi connectivity index (χ1n) is 9.48. The van der Waals surface area contributed by atoms with E-state index in [-0.39, 0.29) is 0 Å². The summed E-state index contributed by atoms with van der Waals surface area (Å²) in [7, 11) is 0. The molecule has 5 nitrogen and oxygen atoms in total. The van der Waals surface area contributed by atoms with E-state index in [9.17, 15) is 0 Å². The van der Waals surface area contributed by atoms with Crippen molar-refractivity contribution < 1.29 is 4.74 Å². The first-order valence-corrected chi connectivity index (χ1v) is 9.48. The molecule has 1 saturated carbocycles. The van der Waals surface area contributed by atoms with Crippen LogP contribution < -0.4 is 15.8 Å². The highest BCUT2D eigenvalue weighted by Crippen LogP contribution is 2.17. The van der Waals surface area contributed by atoms with Crippen LogP contribution in [0.4, 0.5) is 0 Å². The normalized spacial score (nSPS) is 16.1. The van der Waals surface area contributed by atoms with Gasteiger partial charge in [-0.05, 0) is 30.0 Å². The van der Waals surface area contributed by atoms with Gasteiger partial charge in [0, 0.05) is 18.3 Å². The number of hydrogen-bond acceptors (Lipinski definition) is 3. The molecule has 3 rings (SSSR count). The maximum Gasteiger partial charge on any atom is 0.213 e. The molecule has 1 aromatic carbocycles. The molecule has 0 saturated heterocycles. The van der Waals surface area contributed by atoms with Crippen LogP contribution in [-0.4, -0.2) is 17.0 Å². The molecule has 1 fully saturated rings. The standard InChI is InChI=1S/C21H28N4O/c22-21(25-19-10-6-1-2-7-11-19)24-15-18-12-13-23-20(14-18)26-16-17-8-4-3-5-9-17/h3-5,8-9,12-14,19H,1-2,6-7,10-11,15-16H2,(H3,22,24,25). The zero-order chi connectivity index (χ0) is 18.0. The number of guanidine groups is 1. The molecule has 138 valence electrons. The topological polar surface area (TPSA) is 72.5 Å². The Labute approximate surface area is 155 Å². The summed E-state index contributed by atoms with van der Waals surface area (Å²) in [4.78, 5) is 8.75. The van der Waals surface area contributed by atoms with Crippen LogP contribution in [0.5, 0.6) is 5.88 Å². The molecule has 1 heterocycles. The SMILES string of the molecule is NC(=NCc1ccnc(OCc2ccccc2)c1)NC1CCCCCC1. The molecular formula is C21H28N4O. The average Bonchev–Trinajstić information content (AvgIpc) is 2.95. The van der Waals surface area contributed by atoms with Crippen molar-refractivity contribution in [3.8, 4) is 5.88 Å². The smallest absolute Gasteiger partial charge is 0.213 e. The Morgan fingerprint density at radius 1 is 1.08 bits per heavy atom. The molecule has 1 aromatic heterocycles. The molecule has 0 bridgehead atoms. The minimum Gasteiger partial charge on any atom is -0.473 e. The highest BCUT2D eigenvalue weighted by molar-refractivity contribution is 5.78. The van der Waals surface area contributed by atoms with Crippen LogP contribution in [0.3, 0.4) is 0 Å². The number of pyridine rings is 1. The molecule has 0 amide bonds. The third-order valence-electron chi connectivity index (χ3n) is 4.67. The molecule has 0 radical (unpaired) electrons. The van der Waals surface area contributed by atoms with Gasteiger partial charge >= 0.3 is 0 Å². The summed E-state index contributed by atoms with van der Waals surface area (Å²) < 4.78 is 5.77. The maximum atomic E-state index is 6.07. The number of nitrogens with zero attached hydrogens (tertiary/aromatic N) is 2. The Balaban J connectivity index is 1.51. The highest BCUT2D eigenvalue weighted by Gasteiger charge is 2.12. The molecular weight excluding hydrogens is 324 g/mol. The largest absolute Gasteiger partial charge is 0.473 e. The lowest BCUT2D eigenvalue weighted by atomic mass is 10.1. The fraction of sp³-hybridized carbons (Fsp3) is 0.429. The third-order valence-corrected chi connectivity index (χ3v) is 4.67. The number of nitrogens with one attached hydrogen (secondary N) is 1. The van der Waals surface area contributed by atoms with Gasteiger partial charge in [0.25, 0.3) is 0 Å². The average molecular weight is 352 g/mol. The number of benzene rings is 1. The van der Waals surface area contributed by atoms with Crippen molar-refractivity contribution in [2.75, 3.05) is 0 Å². The van der Waals surface area contributed by atoms with Crippen LogP contribution in [0, 0.1) is 0 Å². The van der Waals surface area contributed by atoms with Crippen LogP contribution in [0.25, 0.3) is 0 Å². The van der Waals surface area contributed by atoms with Crippen molar-refractivity contribution in [3.63, 3.8) is 0 Å². The molecule has 2 aromatic rings. The summed E-state index contributed by atoms with van der Waals surface area (Å²) in [6.45, 7) is 1.03. The van der Waals surface area contributed by atoms with E-state index in [1.165, 1.54) is 38.5 Å². The minimum absolute atomic E-state index is 0.462. The second kappa shape index (κ2) is 9.80. The van der Waals surface area contributed by atoms with Gasteiger partial charge in [-0.1, -0.05) is 56.0 Å². The van der Waals surface area contributed by atoms with Gasteiger partial charge in [-0.25, -0.2) is 9.98 Å². The van der Waals surface area contributed by atoms with Crippen molar-refractivity contribution in [1.29, 1.82) is 0 Å². The lowest BCUT2D eigenvalue weighted by Gasteiger charge is -2.16. The van der Waals surface area contributed by atoms with Crippen LogP contribution in [0.1, 0.15) is 49.7 Å². The van der Waals surface area contributed by atoms with Gasteiger partial charge in [0.1, 0.15) is 6.61 Å². The van der Waals surface area contributed by atoms with Gasteiger partial charge in [0.05, 0.1) is 6.54 Å². The summed E-state index contributed by atoms with van der Waals surface area (Å²) in [6.07, 6.45) is 9.33. The molecule has 1 aliphatic rings. The number of nitrogens with two attached hydrogens (primary N) is 1. The molecule has 0 atom stereocenters. The van der Waals surface area contributed by atoms with E-state index < -0.39 is 0 Å². The summed E-state index contributed by atoms with van der Waals surface area (Å²) in [6, 6.07) is 14.4. The van der Waals surface area contributed by atoms with Gasteiger partial charge in [0.2, 0.25) is 5.88 Å². The predicted octanol–water partition coefficient (Wildman–Crippen LogP) is 3.79. The van der Waals surface area contributed by atoms with Crippen LogP contribution in [-0.2, 0) is 13.2 Å². The van der Waals surface area contributed by atoms with Crippen LogP contribution in [0.2, 0.25) is 0 Å². The molecule has 0 unspecified atom stereocenters. The van der Waals surface area contributed by atoms with E-state index in [0.717, 1.165) is 11.1 Å². The summed E-state index contributed by atoms with van der Waals surface area (Å²) >= 11 is 0. The van der Waals surface area contributed by atoms with E-state index in [4.69, 9.17) is 10.5 Å². The van der Waals surface area contributed by atoms with Crippen molar-refractivity contribution >= 4 is 5.96 Å². The van der Waals surface area contributed by atoms with E-state index in [0.29, 0.717) is 31.0 Å². The third kappa shape index (κ3) is 6.06. The van der Waals surface area contributed by atoms with Gasteiger partial charge < -0.3 is 15.8 Å². The van der Waals surface area contributed by atoms with Crippen LogP contribution >= 0.6 is 0 Å². The van der Waals surface area contributed by atoms with Gasteiger partial charge in [-0.3, -0.25) is 0 Å². The molecule has 0 aliphatic heterocycles. The number of ether oxygens (including phenoxy) is 1. The Morgan fingerprint density at radius 2 is 1.85 bits per heavy atom. The summed E-state index contributed by atoms with van der Waals surface area (Å²) in [5.41, 5.74) is 8.22. The number of aliphatic imine (C=N–C) groups is 1. The van der Waals surface area contributed by atoms with Crippen molar-refractivity contribution in [3.05, 3.63) is 59.8 Å². The fourth-order valence-corrected chi connectivity index (χ4v) is 3.21. The Bertz CT molecular complexity index is 694. The van der Waals surface area contributed by atoms with Crippen LogP contribution in [0.15, 0.2) is 53.7 Å². The van der Waals surface area contributed by atoms with Gasteiger partial charge in [0.15, 0.2) is 5.96 Å². The van der Waals surface area contributed by atoms with Crippen molar-refractivity contribution in [1.82, 2.24) is 10.3 Å². The zero-order valence-electron chi connectivity index (χ0n) is 15.2. The summed E-state index contributed by atoms with van der Waals surface area (Å²) in [5, 5.41) is 3.37. The second-order valence-corrected chi connectivity index (χ2v) is 6.81. The number of hydrogen-bond donors (Lipinski definition) is 2. The first kappa shape index (κ1) is 18.2. The Hall–Kier alpha value is -2.56. The number of rotatable bonds is 6. The predicted molar refractivity (Wildman–Crippen MR) is 105 cm³/mol. The molecule has 1 aliphatic carbocycles. The second-order valence-electron chi connectivity index (χ2n) is 6.81. The molecule has 3 N–H and O–H groups in total. The van der Waals surface area contributed by atoms with E-state index in [2.05, 4.69) is 15.3 Å². The quantitative estimate of drug-likeness (QED) is 0.471. The lowest BCUT2D eigenvalue weighted by molar-refractivity contribution is 0.293.